The summed E-state index contributed by atoms with van der Waals surface area (Å²) in [5.41, 5.74) is 1.29. The monoisotopic (exact) mass is 446 g/mol. The van der Waals surface area contributed by atoms with Crippen molar-refractivity contribution in [3.8, 4) is 5.75 Å². The third-order valence-electron chi connectivity index (χ3n) is 5.29. The highest BCUT2D eigenvalue weighted by atomic mass is 32.1. The van der Waals surface area contributed by atoms with Crippen LogP contribution in [0, 0.1) is 0 Å². The molecule has 0 unspecified atom stereocenters. The SMILES string of the molecule is O=C(c1ccccc1)c1ccc(OC[C@@H]2CO[C@](Cn3ccnc3)(c3cccs3)O2)cc1. The van der Waals surface area contributed by atoms with Crippen LogP contribution in [0.5, 0.6) is 5.75 Å². The Hall–Kier alpha value is -3.26. The topological polar surface area (TPSA) is 62.6 Å². The van der Waals surface area contributed by atoms with Crippen molar-refractivity contribution in [1.29, 1.82) is 0 Å². The molecular weight excluding hydrogens is 424 g/mol. The summed E-state index contributed by atoms with van der Waals surface area (Å²) in [5, 5.41) is 2.01. The van der Waals surface area contributed by atoms with Crippen LogP contribution in [-0.4, -0.2) is 34.7 Å². The molecule has 0 bridgehead atoms. The van der Waals surface area contributed by atoms with Gasteiger partial charge >= 0.3 is 0 Å². The number of ketones is 1. The first-order chi connectivity index (χ1) is 15.7. The molecule has 0 aliphatic carbocycles. The minimum Gasteiger partial charge on any atom is -0.491 e. The van der Waals surface area contributed by atoms with E-state index in [1.807, 2.05) is 70.7 Å². The maximum atomic E-state index is 12.6. The summed E-state index contributed by atoms with van der Waals surface area (Å²) in [5.74, 6) is -0.180. The minimum atomic E-state index is -0.852. The van der Waals surface area contributed by atoms with E-state index in [2.05, 4.69) is 4.98 Å². The predicted molar refractivity (Wildman–Crippen MR) is 121 cm³/mol. The Bertz CT molecular complexity index is 1140. The second kappa shape index (κ2) is 9.08. The Morgan fingerprint density at radius 1 is 1.09 bits per heavy atom. The van der Waals surface area contributed by atoms with Gasteiger partial charge in [-0.25, -0.2) is 4.98 Å². The lowest BCUT2D eigenvalue weighted by Crippen LogP contribution is -2.33. The van der Waals surface area contributed by atoms with Gasteiger partial charge in [0.15, 0.2) is 5.78 Å². The Morgan fingerprint density at radius 3 is 2.62 bits per heavy atom. The lowest BCUT2D eigenvalue weighted by molar-refractivity contribution is -0.186. The third-order valence-corrected chi connectivity index (χ3v) is 6.29. The fraction of sp³-hybridized carbons (Fsp3) is 0.200. The number of benzene rings is 2. The van der Waals surface area contributed by atoms with E-state index in [0.29, 0.717) is 36.6 Å². The van der Waals surface area contributed by atoms with Gasteiger partial charge in [-0.05, 0) is 35.7 Å². The van der Waals surface area contributed by atoms with E-state index in [1.54, 1.807) is 36.0 Å². The molecule has 6 nitrogen and oxygen atoms in total. The Labute approximate surface area is 190 Å². The molecule has 0 saturated carbocycles. The molecule has 1 aliphatic rings. The molecule has 7 heteroatoms. The average Bonchev–Trinajstić information content (AvgIpc) is 3.61. The van der Waals surface area contributed by atoms with Gasteiger partial charge in [-0.2, -0.15) is 0 Å². The molecule has 2 aromatic heterocycles. The van der Waals surface area contributed by atoms with Crippen molar-refractivity contribution >= 4 is 17.1 Å². The summed E-state index contributed by atoms with van der Waals surface area (Å²) in [4.78, 5) is 17.7. The highest BCUT2D eigenvalue weighted by Crippen LogP contribution is 2.38. The number of aromatic nitrogens is 2. The van der Waals surface area contributed by atoms with Crippen molar-refractivity contribution in [3.63, 3.8) is 0 Å². The third kappa shape index (κ3) is 4.36. The molecular formula is C25H22N2O4S. The molecule has 4 aromatic rings. The molecule has 5 rings (SSSR count). The quantitative estimate of drug-likeness (QED) is 0.372. The lowest BCUT2D eigenvalue weighted by Gasteiger charge is -2.27. The first kappa shape index (κ1) is 20.6. The number of carbonyl (C=O) groups is 1. The van der Waals surface area contributed by atoms with Gasteiger partial charge in [0, 0.05) is 23.5 Å². The van der Waals surface area contributed by atoms with Crippen LogP contribution in [0.15, 0.2) is 90.8 Å². The van der Waals surface area contributed by atoms with Gasteiger partial charge < -0.3 is 18.8 Å². The van der Waals surface area contributed by atoms with E-state index < -0.39 is 5.79 Å². The van der Waals surface area contributed by atoms with Gasteiger partial charge in [0.1, 0.15) is 18.5 Å². The van der Waals surface area contributed by atoms with E-state index >= 15 is 0 Å². The molecule has 3 heterocycles. The van der Waals surface area contributed by atoms with Crippen LogP contribution in [-0.2, 0) is 21.8 Å². The summed E-state index contributed by atoms with van der Waals surface area (Å²) >= 11 is 1.60. The van der Waals surface area contributed by atoms with E-state index in [0.717, 1.165) is 4.88 Å². The Morgan fingerprint density at radius 2 is 1.91 bits per heavy atom. The second-order valence-electron chi connectivity index (χ2n) is 7.55. The van der Waals surface area contributed by atoms with Crippen LogP contribution in [0.4, 0.5) is 0 Å². The number of imidazole rings is 1. The molecule has 0 amide bonds. The lowest BCUT2D eigenvalue weighted by atomic mass is 10.0. The van der Waals surface area contributed by atoms with Gasteiger partial charge in [-0.1, -0.05) is 36.4 Å². The molecule has 32 heavy (non-hydrogen) atoms. The zero-order valence-electron chi connectivity index (χ0n) is 17.3. The Kier molecular flexibility index (Phi) is 5.85. The maximum Gasteiger partial charge on any atom is 0.223 e. The Balaban J connectivity index is 1.22. The van der Waals surface area contributed by atoms with Crippen molar-refractivity contribution in [1.82, 2.24) is 9.55 Å². The first-order valence-electron chi connectivity index (χ1n) is 10.4. The van der Waals surface area contributed by atoms with Crippen molar-refractivity contribution < 1.29 is 19.0 Å². The number of nitrogens with zero attached hydrogens (tertiary/aromatic N) is 2. The molecule has 2 atom stereocenters. The van der Waals surface area contributed by atoms with Gasteiger partial charge in [0.2, 0.25) is 5.79 Å². The van der Waals surface area contributed by atoms with Crippen molar-refractivity contribution in [2.45, 2.75) is 18.4 Å². The molecule has 0 spiro atoms. The van der Waals surface area contributed by atoms with E-state index in [9.17, 15) is 4.79 Å². The molecule has 1 aliphatic heterocycles. The van der Waals surface area contributed by atoms with Crippen molar-refractivity contribution in [3.05, 3.63) is 107 Å². The van der Waals surface area contributed by atoms with Crippen LogP contribution in [0.2, 0.25) is 0 Å². The van der Waals surface area contributed by atoms with Gasteiger partial charge in [0.25, 0.3) is 0 Å². The van der Waals surface area contributed by atoms with Crippen molar-refractivity contribution in [2.75, 3.05) is 13.2 Å². The first-order valence-corrected chi connectivity index (χ1v) is 11.2. The predicted octanol–water partition coefficient (Wildman–Crippen LogP) is 4.52. The van der Waals surface area contributed by atoms with Crippen molar-refractivity contribution in [2.24, 2.45) is 0 Å². The van der Waals surface area contributed by atoms with Crippen LogP contribution in [0.1, 0.15) is 20.8 Å². The van der Waals surface area contributed by atoms with Gasteiger partial charge in [-0.3, -0.25) is 4.79 Å². The van der Waals surface area contributed by atoms with Crippen LogP contribution in [0.3, 0.4) is 0 Å². The number of hydrogen-bond donors (Lipinski definition) is 0. The molecule has 2 aromatic carbocycles. The zero-order valence-corrected chi connectivity index (χ0v) is 18.1. The van der Waals surface area contributed by atoms with E-state index in [-0.39, 0.29) is 11.9 Å². The van der Waals surface area contributed by atoms with Crippen LogP contribution >= 0.6 is 11.3 Å². The molecule has 162 valence electrons. The summed E-state index contributed by atoms with van der Waals surface area (Å²) in [7, 11) is 0. The normalized spacial score (nSPS) is 20.3. The average molecular weight is 447 g/mol. The zero-order chi connectivity index (χ0) is 21.8. The number of carbonyl (C=O) groups excluding carboxylic acids is 1. The summed E-state index contributed by atoms with van der Waals surface area (Å²) in [6.45, 7) is 1.29. The summed E-state index contributed by atoms with van der Waals surface area (Å²) in [6.07, 6.45) is 5.17. The number of rotatable bonds is 8. The van der Waals surface area contributed by atoms with E-state index in [4.69, 9.17) is 14.2 Å². The van der Waals surface area contributed by atoms with E-state index in [1.165, 1.54) is 0 Å². The molecule has 1 saturated heterocycles. The number of hydrogen-bond acceptors (Lipinski definition) is 6. The molecule has 0 radical (unpaired) electrons. The van der Waals surface area contributed by atoms with Crippen LogP contribution in [0.25, 0.3) is 0 Å². The second-order valence-corrected chi connectivity index (χ2v) is 8.49. The summed E-state index contributed by atoms with van der Waals surface area (Å²) in [6, 6.07) is 20.4. The number of ether oxygens (including phenoxy) is 3. The highest BCUT2D eigenvalue weighted by molar-refractivity contribution is 7.10. The maximum absolute atomic E-state index is 12.6. The fourth-order valence-corrected chi connectivity index (χ4v) is 4.51. The summed E-state index contributed by atoms with van der Waals surface area (Å²) < 4.78 is 20.4. The van der Waals surface area contributed by atoms with Crippen LogP contribution < -0.4 is 4.74 Å². The number of thiophene rings is 1. The largest absolute Gasteiger partial charge is 0.491 e. The standard InChI is InChI=1S/C25H22N2O4S/c28-24(19-5-2-1-3-6-19)20-8-10-21(11-9-20)29-15-22-16-30-25(31-22,23-7-4-14-32-23)17-27-13-12-26-18-27/h1-14,18,22H,15-17H2/t22-,25+/m1/s1. The molecule has 1 fully saturated rings. The fourth-order valence-electron chi connectivity index (χ4n) is 3.70. The minimum absolute atomic E-state index is 0.00934. The van der Waals surface area contributed by atoms with Gasteiger partial charge in [0.05, 0.1) is 24.4 Å². The molecule has 0 N–H and O–H groups in total. The smallest absolute Gasteiger partial charge is 0.223 e. The highest BCUT2D eigenvalue weighted by Gasteiger charge is 2.44. The van der Waals surface area contributed by atoms with Gasteiger partial charge in [-0.15, -0.1) is 11.3 Å².